The first-order valence-corrected chi connectivity index (χ1v) is 3.42. The second-order valence-electron chi connectivity index (χ2n) is 2.92. The van der Waals surface area contributed by atoms with Gasteiger partial charge in [0.1, 0.15) is 5.54 Å². The van der Waals surface area contributed by atoms with Gasteiger partial charge in [-0.1, -0.05) is 0 Å². The Bertz CT molecular complexity index is 201. The normalized spacial score (nSPS) is 10.7. The SMILES string of the molecule is COC(=O)N(C)C(C)(C)C([NH])=O. The van der Waals surface area contributed by atoms with Gasteiger partial charge in [0.2, 0.25) is 0 Å². The number of hydrogen-bond acceptors (Lipinski definition) is 3. The highest BCUT2D eigenvalue weighted by atomic mass is 16.5. The molecule has 0 bridgehead atoms. The van der Waals surface area contributed by atoms with Crippen molar-refractivity contribution in [2.75, 3.05) is 14.2 Å². The standard InChI is InChI=1S/C7H13N2O3/c1-7(2,5(8)10)9(3)6(11)12-4/h8H,1-4H3. The molecule has 5 heteroatoms. The highest BCUT2D eigenvalue weighted by Crippen LogP contribution is 2.12. The lowest BCUT2D eigenvalue weighted by Crippen LogP contribution is -2.51. The molecule has 0 spiro atoms. The van der Waals surface area contributed by atoms with E-state index < -0.39 is 17.5 Å². The van der Waals surface area contributed by atoms with Crippen LogP contribution in [0.15, 0.2) is 0 Å². The number of carbonyl (C=O) groups is 2. The second kappa shape index (κ2) is 3.42. The maximum Gasteiger partial charge on any atom is 0.410 e. The van der Waals surface area contributed by atoms with Crippen LogP contribution in [0, 0.1) is 0 Å². The van der Waals surface area contributed by atoms with Crippen molar-refractivity contribution in [1.82, 2.24) is 10.6 Å². The molecule has 2 amide bonds. The number of nitrogens with zero attached hydrogens (tertiary/aromatic N) is 1. The van der Waals surface area contributed by atoms with Gasteiger partial charge in [0.05, 0.1) is 7.11 Å². The predicted octanol–water partition coefficient (Wildman–Crippen LogP) is 0.273. The molecular formula is C7H13N2O3. The highest BCUT2D eigenvalue weighted by molar-refractivity contribution is 5.87. The van der Waals surface area contributed by atoms with Gasteiger partial charge < -0.3 is 4.74 Å². The topological polar surface area (TPSA) is 70.4 Å². The number of ether oxygens (including phenoxy) is 1. The number of rotatable bonds is 2. The summed E-state index contributed by atoms with van der Waals surface area (Å²) in [4.78, 5) is 22.8. The van der Waals surface area contributed by atoms with E-state index in [1.54, 1.807) is 0 Å². The van der Waals surface area contributed by atoms with E-state index in [0.717, 1.165) is 4.90 Å². The average molecular weight is 173 g/mol. The molecule has 0 saturated heterocycles. The lowest BCUT2D eigenvalue weighted by atomic mass is 10.0. The number of carbonyl (C=O) groups excluding carboxylic acids is 2. The summed E-state index contributed by atoms with van der Waals surface area (Å²) in [6.45, 7) is 2.97. The molecule has 0 rings (SSSR count). The smallest absolute Gasteiger partial charge is 0.410 e. The van der Waals surface area contributed by atoms with Gasteiger partial charge in [-0.25, -0.2) is 4.79 Å². The third-order valence-electron chi connectivity index (χ3n) is 1.84. The fraction of sp³-hybridized carbons (Fsp3) is 0.714. The van der Waals surface area contributed by atoms with Gasteiger partial charge in [0.25, 0.3) is 5.91 Å². The summed E-state index contributed by atoms with van der Waals surface area (Å²) in [6.07, 6.45) is -0.624. The van der Waals surface area contributed by atoms with Gasteiger partial charge in [0, 0.05) is 7.05 Å². The van der Waals surface area contributed by atoms with Gasteiger partial charge in [-0.2, -0.15) is 0 Å². The molecular weight excluding hydrogens is 160 g/mol. The summed E-state index contributed by atoms with van der Waals surface area (Å²) in [5, 5.41) is 0. The van der Waals surface area contributed by atoms with Gasteiger partial charge in [-0.15, -0.1) is 0 Å². The van der Waals surface area contributed by atoms with Crippen molar-refractivity contribution in [3.8, 4) is 0 Å². The molecule has 0 aliphatic carbocycles. The van der Waals surface area contributed by atoms with Gasteiger partial charge in [-0.3, -0.25) is 15.4 Å². The number of hydrogen-bond donors (Lipinski definition) is 0. The van der Waals surface area contributed by atoms with Gasteiger partial charge >= 0.3 is 6.09 Å². The lowest BCUT2D eigenvalue weighted by molar-refractivity contribution is -0.127. The second-order valence-corrected chi connectivity index (χ2v) is 2.92. The Morgan fingerprint density at radius 3 is 2.08 bits per heavy atom. The molecule has 0 aliphatic heterocycles. The van der Waals surface area contributed by atoms with Crippen LogP contribution in [0.25, 0.3) is 0 Å². The summed E-state index contributed by atoms with van der Waals surface area (Å²) in [6, 6.07) is 0. The van der Waals surface area contributed by atoms with E-state index in [2.05, 4.69) is 4.74 Å². The van der Waals surface area contributed by atoms with E-state index in [1.807, 2.05) is 0 Å². The molecule has 69 valence electrons. The summed E-state index contributed by atoms with van der Waals surface area (Å²) >= 11 is 0. The summed E-state index contributed by atoms with van der Waals surface area (Å²) < 4.78 is 4.40. The average Bonchev–Trinajstić information content (AvgIpc) is 2.01. The molecule has 1 radical (unpaired) electrons. The minimum absolute atomic E-state index is 0.624. The van der Waals surface area contributed by atoms with Crippen LogP contribution in [0.5, 0.6) is 0 Å². The molecule has 5 nitrogen and oxygen atoms in total. The van der Waals surface area contributed by atoms with E-state index in [9.17, 15) is 9.59 Å². The minimum atomic E-state index is -1.13. The summed E-state index contributed by atoms with van der Waals surface area (Å²) in [5.74, 6) is -0.824. The summed E-state index contributed by atoms with van der Waals surface area (Å²) in [5.41, 5.74) is 5.76. The number of amides is 2. The van der Waals surface area contributed by atoms with E-state index >= 15 is 0 Å². The third kappa shape index (κ3) is 1.87. The monoisotopic (exact) mass is 173 g/mol. The maximum atomic E-state index is 10.9. The van der Waals surface area contributed by atoms with Crippen LogP contribution in [0.2, 0.25) is 0 Å². The van der Waals surface area contributed by atoms with E-state index in [0.29, 0.717) is 0 Å². The Hall–Kier alpha value is -1.26. The highest BCUT2D eigenvalue weighted by Gasteiger charge is 2.34. The fourth-order valence-corrected chi connectivity index (χ4v) is 0.517. The molecule has 0 aromatic carbocycles. The Kier molecular flexibility index (Phi) is 3.06. The molecule has 0 aromatic heterocycles. The van der Waals surface area contributed by atoms with E-state index in [1.165, 1.54) is 28.0 Å². The molecule has 0 fully saturated rings. The first-order chi connectivity index (χ1) is 5.34. The quantitative estimate of drug-likeness (QED) is 0.601. The lowest BCUT2D eigenvalue weighted by Gasteiger charge is -2.30. The number of nitrogens with one attached hydrogen (secondary N) is 1. The molecule has 0 heterocycles. The zero-order valence-corrected chi connectivity index (χ0v) is 7.67. The Morgan fingerprint density at radius 2 is 1.83 bits per heavy atom. The van der Waals surface area contributed by atoms with Crippen molar-refractivity contribution in [3.63, 3.8) is 0 Å². The number of methoxy groups -OCH3 is 1. The van der Waals surface area contributed by atoms with Crippen LogP contribution in [-0.2, 0) is 9.53 Å². The Morgan fingerprint density at radius 1 is 1.42 bits per heavy atom. The largest absolute Gasteiger partial charge is 0.453 e. The van der Waals surface area contributed by atoms with Crippen LogP contribution < -0.4 is 5.73 Å². The van der Waals surface area contributed by atoms with Crippen molar-refractivity contribution in [1.29, 1.82) is 0 Å². The van der Waals surface area contributed by atoms with Crippen molar-refractivity contribution in [2.24, 2.45) is 0 Å². The molecule has 0 aliphatic rings. The van der Waals surface area contributed by atoms with Crippen LogP contribution >= 0.6 is 0 Å². The van der Waals surface area contributed by atoms with Crippen molar-refractivity contribution < 1.29 is 14.3 Å². The van der Waals surface area contributed by atoms with Crippen molar-refractivity contribution in [3.05, 3.63) is 0 Å². The van der Waals surface area contributed by atoms with Crippen molar-refractivity contribution >= 4 is 12.0 Å². The molecule has 0 saturated carbocycles. The van der Waals surface area contributed by atoms with Crippen LogP contribution in [0.4, 0.5) is 4.79 Å². The molecule has 0 unspecified atom stereocenters. The first kappa shape index (κ1) is 10.7. The molecule has 1 N–H and O–H groups in total. The predicted molar refractivity (Wildman–Crippen MR) is 42.4 cm³/mol. The molecule has 0 atom stereocenters. The number of likely N-dealkylation sites (N-methyl/N-ethyl adjacent to an activating group) is 1. The Labute approximate surface area is 71.5 Å². The third-order valence-corrected chi connectivity index (χ3v) is 1.84. The van der Waals surface area contributed by atoms with Crippen LogP contribution in [0.3, 0.4) is 0 Å². The molecule has 12 heavy (non-hydrogen) atoms. The fourth-order valence-electron chi connectivity index (χ4n) is 0.517. The summed E-state index contributed by atoms with van der Waals surface area (Å²) in [7, 11) is 2.64. The van der Waals surface area contributed by atoms with Gasteiger partial charge in [-0.05, 0) is 13.8 Å². The van der Waals surface area contributed by atoms with Crippen molar-refractivity contribution in [2.45, 2.75) is 19.4 Å². The maximum absolute atomic E-state index is 10.9. The van der Waals surface area contributed by atoms with Crippen LogP contribution in [-0.4, -0.2) is 36.6 Å². The van der Waals surface area contributed by atoms with Crippen LogP contribution in [0.1, 0.15) is 13.8 Å². The zero-order valence-electron chi connectivity index (χ0n) is 7.67. The Balaban J connectivity index is 4.56. The van der Waals surface area contributed by atoms with E-state index in [-0.39, 0.29) is 0 Å². The zero-order chi connectivity index (χ0) is 9.94. The van der Waals surface area contributed by atoms with Gasteiger partial charge in [0.15, 0.2) is 0 Å². The molecule has 0 aromatic rings. The first-order valence-electron chi connectivity index (χ1n) is 3.42. The minimum Gasteiger partial charge on any atom is -0.453 e. The van der Waals surface area contributed by atoms with E-state index in [4.69, 9.17) is 5.73 Å².